The minimum absolute atomic E-state index is 0.0335. The van der Waals surface area contributed by atoms with Gasteiger partial charge in [-0.05, 0) is 90.0 Å². The van der Waals surface area contributed by atoms with E-state index < -0.39 is 29.7 Å². The number of rotatable bonds is 9. The predicted octanol–water partition coefficient (Wildman–Crippen LogP) is 5.00. The number of alkyl halides is 3. The second-order valence-electron chi connectivity index (χ2n) is 11.8. The van der Waals surface area contributed by atoms with Gasteiger partial charge in [-0.15, -0.1) is 0 Å². The average Bonchev–Trinajstić information content (AvgIpc) is 3.64. The van der Waals surface area contributed by atoms with E-state index in [1.165, 1.54) is 0 Å². The average molecular weight is 566 g/mol. The maximum Gasteiger partial charge on any atom is 0.416 e. The largest absolute Gasteiger partial charge is 0.416 e. The number of halogens is 3. The van der Waals surface area contributed by atoms with Gasteiger partial charge in [-0.1, -0.05) is 13.3 Å². The summed E-state index contributed by atoms with van der Waals surface area (Å²) in [6, 6.07) is 2.24. The predicted molar refractivity (Wildman–Crippen MR) is 147 cm³/mol. The minimum Gasteiger partial charge on any atom is -0.340 e. The Morgan fingerprint density at radius 3 is 2.45 bits per heavy atom. The third kappa shape index (κ3) is 7.08. The summed E-state index contributed by atoms with van der Waals surface area (Å²) in [5.41, 5.74) is -1.37. The van der Waals surface area contributed by atoms with Crippen molar-refractivity contribution in [3.63, 3.8) is 0 Å². The first-order valence-corrected chi connectivity index (χ1v) is 14.5. The van der Waals surface area contributed by atoms with Crippen LogP contribution in [0, 0.1) is 5.92 Å². The van der Waals surface area contributed by atoms with Crippen LogP contribution in [0.1, 0.15) is 88.1 Å². The summed E-state index contributed by atoms with van der Waals surface area (Å²) in [4.78, 5) is 43.3. The second-order valence-corrected chi connectivity index (χ2v) is 11.8. The molecule has 3 fully saturated rings. The van der Waals surface area contributed by atoms with Crippen molar-refractivity contribution in [2.24, 2.45) is 5.92 Å². The second kappa shape index (κ2) is 12.4. The molecule has 4 rings (SSSR count). The van der Waals surface area contributed by atoms with Crippen molar-refractivity contribution in [1.82, 2.24) is 20.4 Å². The Morgan fingerprint density at radius 2 is 1.82 bits per heavy atom. The Hall–Kier alpha value is -2.82. The molecule has 2 aliphatic carbocycles. The summed E-state index contributed by atoms with van der Waals surface area (Å²) in [6.45, 7) is 7.01. The Morgan fingerprint density at radius 1 is 1.10 bits per heavy atom. The number of amides is 4. The molecule has 40 heavy (non-hydrogen) atoms. The van der Waals surface area contributed by atoms with Crippen molar-refractivity contribution in [1.29, 1.82) is 0 Å². The molecule has 4 amide bonds. The van der Waals surface area contributed by atoms with Crippen LogP contribution in [-0.2, 0) is 11.0 Å². The molecule has 3 N–H and O–H groups in total. The molecule has 222 valence electrons. The van der Waals surface area contributed by atoms with Gasteiger partial charge in [0.05, 0.1) is 16.8 Å². The van der Waals surface area contributed by atoms with E-state index in [1.807, 2.05) is 4.90 Å². The van der Waals surface area contributed by atoms with E-state index >= 15 is 0 Å². The number of nitrogens with zero attached hydrogens (tertiary/aromatic N) is 2. The highest BCUT2D eigenvalue weighted by Gasteiger charge is 2.43. The normalized spacial score (nSPS) is 25.4. The van der Waals surface area contributed by atoms with Crippen molar-refractivity contribution in [3.8, 4) is 0 Å². The molecule has 0 aromatic heterocycles. The van der Waals surface area contributed by atoms with Crippen LogP contribution in [0.4, 0.5) is 23.7 Å². The molecule has 1 saturated heterocycles. The van der Waals surface area contributed by atoms with E-state index in [2.05, 4.69) is 48.7 Å². The van der Waals surface area contributed by atoms with Crippen LogP contribution in [0.25, 0.3) is 0 Å². The van der Waals surface area contributed by atoms with E-state index in [0.717, 1.165) is 63.1 Å². The van der Waals surface area contributed by atoms with E-state index in [4.69, 9.17) is 0 Å². The Kier molecular flexibility index (Phi) is 9.32. The fourth-order valence-corrected chi connectivity index (χ4v) is 6.10. The lowest BCUT2D eigenvalue weighted by Gasteiger charge is -2.44. The number of benzene rings is 1. The summed E-state index contributed by atoms with van der Waals surface area (Å²) in [5, 5.41) is 7.87. The first-order valence-electron chi connectivity index (χ1n) is 14.5. The zero-order chi connectivity index (χ0) is 29.2. The summed E-state index contributed by atoms with van der Waals surface area (Å²) in [6.07, 6.45) is 2.30. The van der Waals surface area contributed by atoms with Crippen molar-refractivity contribution >= 4 is 23.5 Å². The smallest absolute Gasteiger partial charge is 0.340 e. The van der Waals surface area contributed by atoms with Gasteiger partial charge in [-0.3, -0.25) is 9.59 Å². The summed E-state index contributed by atoms with van der Waals surface area (Å²) >= 11 is 0. The molecule has 0 radical (unpaired) electrons. The third-order valence-corrected chi connectivity index (χ3v) is 8.66. The highest BCUT2D eigenvalue weighted by atomic mass is 19.4. The van der Waals surface area contributed by atoms with Gasteiger partial charge in [0, 0.05) is 30.7 Å². The number of carbonyl (C=O) groups excluding carboxylic acids is 3. The number of carbonyl (C=O) groups is 3. The van der Waals surface area contributed by atoms with E-state index in [1.54, 1.807) is 0 Å². The first kappa shape index (κ1) is 30.1. The maximum atomic E-state index is 13.5. The van der Waals surface area contributed by atoms with Crippen molar-refractivity contribution in [2.45, 2.75) is 109 Å². The number of hydrogen-bond acceptors (Lipinski definition) is 4. The molecular formula is C29H42F3N5O3. The topological polar surface area (TPSA) is 93.8 Å². The van der Waals surface area contributed by atoms with Gasteiger partial charge in [-0.25, -0.2) is 4.79 Å². The SMILES string of the molecule is CCC[C@@H]1C[C@H](N(C)C(C)C)CC[C@@H]1N1CCC(NC(=O)c2cc(C(F)(F)F)ccc2NC(=O)NC2CC2)C1=O. The lowest BCUT2D eigenvalue weighted by molar-refractivity contribution is -0.137. The van der Waals surface area contributed by atoms with Crippen LogP contribution in [0.15, 0.2) is 18.2 Å². The van der Waals surface area contributed by atoms with Crippen LogP contribution in [-0.4, -0.2) is 71.4 Å². The Bertz CT molecular complexity index is 1090. The van der Waals surface area contributed by atoms with Crippen molar-refractivity contribution in [2.75, 3.05) is 18.9 Å². The molecule has 0 bridgehead atoms. The minimum atomic E-state index is -4.67. The molecule has 1 aromatic rings. The molecule has 3 aliphatic rings. The van der Waals surface area contributed by atoms with Gasteiger partial charge in [0.1, 0.15) is 6.04 Å². The van der Waals surface area contributed by atoms with Crippen molar-refractivity contribution < 1.29 is 27.6 Å². The van der Waals surface area contributed by atoms with E-state index in [0.29, 0.717) is 31.0 Å². The third-order valence-electron chi connectivity index (χ3n) is 8.66. The summed E-state index contributed by atoms with van der Waals surface area (Å²) in [5.74, 6) is -0.656. The lowest BCUT2D eigenvalue weighted by Crippen LogP contribution is -2.51. The van der Waals surface area contributed by atoms with Crippen LogP contribution in [0.5, 0.6) is 0 Å². The molecule has 8 nitrogen and oxygen atoms in total. The Balaban J connectivity index is 1.46. The summed E-state index contributed by atoms with van der Waals surface area (Å²) in [7, 11) is 2.15. The molecule has 0 spiro atoms. The van der Waals surface area contributed by atoms with Gasteiger partial charge in [0.25, 0.3) is 5.91 Å². The molecular weight excluding hydrogens is 523 g/mol. The number of anilines is 1. The van der Waals surface area contributed by atoms with E-state index in [9.17, 15) is 27.6 Å². The van der Waals surface area contributed by atoms with Crippen LogP contribution in [0.2, 0.25) is 0 Å². The van der Waals surface area contributed by atoms with Gasteiger partial charge in [0.2, 0.25) is 5.91 Å². The van der Waals surface area contributed by atoms with E-state index in [-0.39, 0.29) is 29.2 Å². The van der Waals surface area contributed by atoms with Gasteiger partial charge >= 0.3 is 12.2 Å². The monoisotopic (exact) mass is 565 g/mol. The maximum absolute atomic E-state index is 13.5. The number of likely N-dealkylation sites (tertiary alicyclic amines) is 1. The first-order chi connectivity index (χ1) is 18.9. The quantitative estimate of drug-likeness (QED) is 0.393. The highest BCUT2D eigenvalue weighted by molar-refractivity contribution is 6.05. The highest BCUT2D eigenvalue weighted by Crippen LogP contribution is 2.37. The number of hydrogen-bond donors (Lipinski definition) is 3. The van der Waals surface area contributed by atoms with Crippen LogP contribution in [0.3, 0.4) is 0 Å². The summed E-state index contributed by atoms with van der Waals surface area (Å²) < 4.78 is 40.4. The molecule has 1 unspecified atom stereocenters. The zero-order valence-corrected chi connectivity index (χ0v) is 23.8. The molecule has 1 heterocycles. The number of urea groups is 1. The van der Waals surface area contributed by atoms with Crippen LogP contribution >= 0.6 is 0 Å². The van der Waals surface area contributed by atoms with Gasteiger partial charge in [-0.2, -0.15) is 13.2 Å². The zero-order valence-electron chi connectivity index (χ0n) is 23.8. The van der Waals surface area contributed by atoms with Gasteiger partial charge in [0.15, 0.2) is 0 Å². The molecule has 1 aromatic carbocycles. The fraction of sp³-hybridized carbons (Fsp3) is 0.690. The van der Waals surface area contributed by atoms with Gasteiger partial charge < -0.3 is 25.8 Å². The Labute approximate surface area is 234 Å². The lowest BCUT2D eigenvalue weighted by atomic mass is 9.77. The standard InChI is InChI=1S/C29H42F3N5O3/c1-5-6-18-15-21(36(4)17(2)3)10-12-25(18)37-14-13-24(27(37)39)34-26(38)22-16-19(29(30,31)32)7-11-23(22)35-28(40)33-20-8-9-20/h7,11,16-18,20-21,24-25H,5-6,8-10,12-15H2,1-4H3,(H,34,38)(H2,33,35,40)/t18-,21-,24?,25+/m1/s1. The fourth-order valence-electron chi connectivity index (χ4n) is 6.10. The van der Waals surface area contributed by atoms with Crippen molar-refractivity contribution in [3.05, 3.63) is 29.3 Å². The number of nitrogens with one attached hydrogen (secondary N) is 3. The molecule has 1 aliphatic heterocycles. The van der Waals surface area contributed by atoms with Crippen LogP contribution < -0.4 is 16.0 Å². The molecule has 2 saturated carbocycles. The molecule has 4 atom stereocenters. The molecule has 11 heteroatoms.